The molecular formula is C16H19ClN4O. The van der Waals surface area contributed by atoms with Crippen LogP contribution in [-0.2, 0) is 6.54 Å². The van der Waals surface area contributed by atoms with Crippen LogP contribution < -0.4 is 10.6 Å². The van der Waals surface area contributed by atoms with Gasteiger partial charge < -0.3 is 10.6 Å². The van der Waals surface area contributed by atoms with Crippen molar-refractivity contribution in [2.45, 2.75) is 20.4 Å². The highest BCUT2D eigenvalue weighted by Crippen LogP contribution is 2.16. The van der Waals surface area contributed by atoms with Crippen LogP contribution in [0.25, 0.3) is 0 Å². The van der Waals surface area contributed by atoms with Crippen molar-refractivity contribution in [3.8, 4) is 0 Å². The molecule has 0 aliphatic rings. The quantitative estimate of drug-likeness (QED) is 0.858. The molecule has 1 amide bonds. The number of rotatable bonds is 6. The topological polar surface area (TPSA) is 66.9 Å². The summed E-state index contributed by atoms with van der Waals surface area (Å²) in [5.41, 5.74) is 1.29. The zero-order valence-corrected chi connectivity index (χ0v) is 13.4. The number of hydrogen-bond donors (Lipinski definition) is 2. The Bertz CT molecular complexity index is 628. The maximum atomic E-state index is 11.8. The van der Waals surface area contributed by atoms with Gasteiger partial charge in [0.05, 0.1) is 0 Å². The largest absolute Gasteiger partial charge is 0.364 e. The van der Waals surface area contributed by atoms with E-state index in [1.807, 2.05) is 38.1 Å². The second kappa shape index (κ2) is 7.75. The number of hydrogen-bond acceptors (Lipinski definition) is 4. The van der Waals surface area contributed by atoms with E-state index < -0.39 is 0 Å². The van der Waals surface area contributed by atoms with Crippen LogP contribution in [-0.4, -0.2) is 22.6 Å². The normalized spacial score (nSPS) is 10.5. The molecular weight excluding hydrogens is 300 g/mol. The van der Waals surface area contributed by atoms with Gasteiger partial charge in [0.25, 0.3) is 5.91 Å². The zero-order chi connectivity index (χ0) is 15.9. The molecule has 2 rings (SSSR count). The average Bonchev–Trinajstić information content (AvgIpc) is 2.52. The van der Waals surface area contributed by atoms with Crippen molar-refractivity contribution in [3.63, 3.8) is 0 Å². The molecule has 22 heavy (non-hydrogen) atoms. The van der Waals surface area contributed by atoms with Gasteiger partial charge in [-0.25, -0.2) is 0 Å². The van der Waals surface area contributed by atoms with Crippen LogP contribution in [0.5, 0.6) is 0 Å². The number of carbonyl (C=O) groups is 1. The van der Waals surface area contributed by atoms with Crippen LogP contribution in [0.4, 0.5) is 5.82 Å². The monoisotopic (exact) mass is 318 g/mol. The molecule has 1 heterocycles. The predicted octanol–water partition coefficient (Wildman–Crippen LogP) is 3.13. The van der Waals surface area contributed by atoms with Gasteiger partial charge in [0.1, 0.15) is 5.82 Å². The maximum Gasteiger partial charge on any atom is 0.271 e. The molecule has 0 radical (unpaired) electrons. The van der Waals surface area contributed by atoms with Gasteiger partial charge in [-0.1, -0.05) is 43.6 Å². The SMILES string of the molecule is CC(C)CNC(=O)c1ccc(NCc2ccccc2Cl)nn1. The lowest BCUT2D eigenvalue weighted by Crippen LogP contribution is -2.28. The number of amides is 1. The van der Waals surface area contributed by atoms with Gasteiger partial charge in [0, 0.05) is 18.1 Å². The Morgan fingerprint density at radius 3 is 2.59 bits per heavy atom. The Morgan fingerprint density at radius 1 is 1.18 bits per heavy atom. The lowest BCUT2D eigenvalue weighted by atomic mass is 10.2. The Hall–Kier alpha value is -2.14. The van der Waals surface area contributed by atoms with Gasteiger partial charge in [0.15, 0.2) is 5.69 Å². The Labute approximate surface area is 135 Å². The van der Waals surface area contributed by atoms with Crippen molar-refractivity contribution in [3.05, 3.63) is 52.7 Å². The molecule has 0 bridgehead atoms. The first kappa shape index (κ1) is 16.2. The third kappa shape index (κ3) is 4.70. The first-order valence-corrected chi connectivity index (χ1v) is 7.53. The van der Waals surface area contributed by atoms with E-state index in [1.54, 1.807) is 12.1 Å². The molecule has 0 spiro atoms. The fourth-order valence-corrected chi connectivity index (χ4v) is 1.97. The zero-order valence-electron chi connectivity index (χ0n) is 12.6. The molecule has 5 nitrogen and oxygen atoms in total. The fraction of sp³-hybridized carbons (Fsp3) is 0.312. The minimum Gasteiger partial charge on any atom is -0.364 e. The third-order valence-electron chi connectivity index (χ3n) is 2.99. The van der Waals surface area contributed by atoms with Gasteiger partial charge in [-0.05, 0) is 29.7 Å². The van der Waals surface area contributed by atoms with E-state index in [2.05, 4.69) is 20.8 Å². The van der Waals surface area contributed by atoms with Gasteiger partial charge in [-0.2, -0.15) is 0 Å². The highest BCUT2D eigenvalue weighted by Gasteiger charge is 2.08. The molecule has 6 heteroatoms. The molecule has 0 atom stereocenters. The molecule has 116 valence electrons. The van der Waals surface area contributed by atoms with Crippen LogP contribution in [0.2, 0.25) is 5.02 Å². The van der Waals surface area contributed by atoms with Crippen molar-refractivity contribution >= 4 is 23.3 Å². The Morgan fingerprint density at radius 2 is 1.95 bits per heavy atom. The summed E-state index contributed by atoms with van der Waals surface area (Å²) in [5, 5.41) is 14.6. The van der Waals surface area contributed by atoms with E-state index in [9.17, 15) is 4.79 Å². The van der Waals surface area contributed by atoms with Gasteiger partial charge >= 0.3 is 0 Å². The van der Waals surface area contributed by atoms with E-state index >= 15 is 0 Å². The smallest absolute Gasteiger partial charge is 0.271 e. The molecule has 0 aliphatic heterocycles. The van der Waals surface area contributed by atoms with Gasteiger partial charge in [-0.3, -0.25) is 4.79 Å². The van der Waals surface area contributed by atoms with Crippen LogP contribution in [0.1, 0.15) is 29.9 Å². The van der Waals surface area contributed by atoms with Crippen LogP contribution >= 0.6 is 11.6 Å². The molecule has 2 N–H and O–H groups in total. The first-order valence-electron chi connectivity index (χ1n) is 7.15. The second-order valence-electron chi connectivity index (χ2n) is 5.35. The van der Waals surface area contributed by atoms with E-state index in [1.165, 1.54) is 0 Å². The van der Waals surface area contributed by atoms with Crippen molar-refractivity contribution in [1.29, 1.82) is 0 Å². The Kier molecular flexibility index (Phi) is 5.72. The lowest BCUT2D eigenvalue weighted by molar-refractivity contribution is 0.0943. The fourth-order valence-electron chi connectivity index (χ4n) is 1.76. The van der Waals surface area contributed by atoms with Crippen molar-refractivity contribution in [2.75, 3.05) is 11.9 Å². The Balaban J connectivity index is 1.92. The molecule has 0 saturated carbocycles. The van der Waals surface area contributed by atoms with Crippen molar-refractivity contribution < 1.29 is 4.79 Å². The molecule has 0 unspecified atom stereocenters. The van der Waals surface area contributed by atoms with E-state index in [0.29, 0.717) is 35.5 Å². The standard InChI is InChI=1S/C16H19ClN4O/c1-11(2)9-19-16(22)14-7-8-15(21-20-14)18-10-12-5-3-4-6-13(12)17/h3-8,11H,9-10H2,1-2H3,(H,18,21)(H,19,22). The molecule has 0 aliphatic carbocycles. The number of benzene rings is 1. The summed E-state index contributed by atoms with van der Waals surface area (Å²) in [6, 6.07) is 11.0. The predicted molar refractivity (Wildman–Crippen MR) is 88.0 cm³/mol. The number of aromatic nitrogens is 2. The lowest BCUT2D eigenvalue weighted by Gasteiger charge is -2.08. The summed E-state index contributed by atoms with van der Waals surface area (Å²) < 4.78 is 0. The molecule has 0 fully saturated rings. The summed E-state index contributed by atoms with van der Waals surface area (Å²) in [5.74, 6) is 0.785. The van der Waals surface area contributed by atoms with Crippen LogP contribution in [0.3, 0.4) is 0 Å². The molecule has 2 aromatic rings. The maximum absolute atomic E-state index is 11.8. The molecule has 1 aromatic heterocycles. The van der Waals surface area contributed by atoms with Crippen LogP contribution in [0, 0.1) is 5.92 Å². The molecule has 1 aromatic carbocycles. The summed E-state index contributed by atoms with van der Waals surface area (Å²) in [7, 11) is 0. The van der Waals surface area contributed by atoms with Crippen molar-refractivity contribution in [2.24, 2.45) is 5.92 Å². The number of anilines is 1. The van der Waals surface area contributed by atoms with E-state index in [0.717, 1.165) is 5.56 Å². The third-order valence-corrected chi connectivity index (χ3v) is 3.35. The number of halogens is 1. The summed E-state index contributed by atoms with van der Waals surface area (Å²) >= 11 is 6.09. The minimum absolute atomic E-state index is 0.209. The first-order chi connectivity index (χ1) is 10.6. The van der Waals surface area contributed by atoms with Gasteiger partial charge in [0.2, 0.25) is 0 Å². The number of nitrogens with zero attached hydrogens (tertiary/aromatic N) is 2. The second-order valence-corrected chi connectivity index (χ2v) is 5.76. The van der Waals surface area contributed by atoms with E-state index in [4.69, 9.17) is 11.6 Å². The highest BCUT2D eigenvalue weighted by atomic mass is 35.5. The summed E-state index contributed by atoms with van der Waals surface area (Å²) in [6.07, 6.45) is 0. The summed E-state index contributed by atoms with van der Waals surface area (Å²) in [4.78, 5) is 11.8. The number of carbonyl (C=O) groups excluding carboxylic acids is 1. The summed E-state index contributed by atoms with van der Waals surface area (Å²) in [6.45, 7) is 5.24. The number of nitrogens with one attached hydrogen (secondary N) is 2. The van der Waals surface area contributed by atoms with Gasteiger partial charge in [-0.15, -0.1) is 10.2 Å². The van der Waals surface area contributed by atoms with E-state index in [-0.39, 0.29) is 5.91 Å². The van der Waals surface area contributed by atoms with Crippen LogP contribution in [0.15, 0.2) is 36.4 Å². The van der Waals surface area contributed by atoms with Crippen molar-refractivity contribution in [1.82, 2.24) is 15.5 Å². The highest BCUT2D eigenvalue weighted by molar-refractivity contribution is 6.31. The molecule has 0 saturated heterocycles. The minimum atomic E-state index is -0.209. The average molecular weight is 319 g/mol.